The highest BCUT2D eigenvalue weighted by Gasteiger charge is 2.09. The molecule has 25 heavy (non-hydrogen) atoms. The van der Waals surface area contributed by atoms with Crippen LogP contribution < -0.4 is 4.74 Å². The Hall–Kier alpha value is -2.15. The van der Waals surface area contributed by atoms with Crippen LogP contribution in [0.3, 0.4) is 0 Å². The predicted molar refractivity (Wildman–Crippen MR) is 103 cm³/mol. The zero-order chi connectivity index (χ0) is 17.8. The molecule has 0 fully saturated rings. The van der Waals surface area contributed by atoms with E-state index in [0.29, 0.717) is 27.2 Å². The van der Waals surface area contributed by atoms with Gasteiger partial charge in [-0.3, -0.25) is 0 Å². The van der Waals surface area contributed by atoms with Crippen molar-refractivity contribution in [3.05, 3.63) is 62.8 Å². The van der Waals surface area contributed by atoms with Crippen molar-refractivity contribution >= 4 is 41.6 Å². The van der Waals surface area contributed by atoms with Crippen LogP contribution in [0.2, 0.25) is 10.0 Å². The number of rotatable bonds is 5. The minimum absolute atomic E-state index is 0.373. The van der Waals surface area contributed by atoms with Gasteiger partial charge in [-0.25, -0.2) is 5.10 Å². The largest absolute Gasteiger partial charge is 0.494 e. The number of halogens is 2. The number of hydrogen-bond acceptors (Lipinski definition) is 4. The van der Waals surface area contributed by atoms with Gasteiger partial charge in [0.2, 0.25) is 4.77 Å². The summed E-state index contributed by atoms with van der Waals surface area (Å²) in [5, 5.41) is 12.5. The third kappa shape index (κ3) is 4.10. The third-order valence-electron chi connectivity index (χ3n) is 3.33. The average Bonchev–Trinajstić information content (AvgIpc) is 2.95. The lowest BCUT2D eigenvalue weighted by molar-refractivity contribution is 0.340. The minimum Gasteiger partial charge on any atom is -0.494 e. The van der Waals surface area contributed by atoms with E-state index in [9.17, 15) is 0 Å². The van der Waals surface area contributed by atoms with Gasteiger partial charge < -0.3 is 4.74 Å². The van der Waals surface area contributed by atoms with Crippen molar-refractivity contribution < 1.29 is 4.74 Å². The van der Waals surface area contributed by atoms with Crippen molar-refractivity contribution in [1.29, 1.82) is 0 Å². The van der Waals surface area contributed by atoms with Gasteiger partial charge in [0.25, 0.3) is 0 Å². The first-order valence-electron chi connectivity index (χ1n) is 7.48. The summed E-state index contributed by atoms with van der Waals surface area (Å²) in [6, 6.07) is 12.8. The molecule has 0 bridgehead atoms. The standard InChI is InChI=1S/C17H14Cl2N4OS/c1-2-24-14-5-3-4-11(8-14)16-21-22-17(25)23(16)20-10-12-6-7-13(18)9-15(12)19/h3-10H,2H2,1H3,(H,22,25)/b20-10+. The van der Waals surface area contributed by atoms with Crippen molar-refractivity contribution in [3.8, 4) is 17.1 Å². The summed E-state index contributed by atoms with van der Waals surface area (Å²) in [4.78, 5) is 0. The SMILES string of the molecule is CCOc1cccc(-c2n[nH]c(=S)n2/N=C/c2ccc(Cl)cc2Cl)c1. The average molecular weight is 393 g/mol. The molecule has 0 amide bonds. The fraction of sp³-hybridized carbons (Fsp3) is 0.118. The summed E-state index contributed by atoms with van der Waals surface area (Å²) < 4.78 is 7.44. The van der Waals surface area contributed by atoms with Crippen molar-refractivity contribution in [3.63, 3.8) is 0 Å². The van der Waals surface area contributed by atoms with E-state index in [1.165, 1.54) is 4.68 Å². The molecule has 2 aromatic carbocycles. The van der Waals surface area contributed by atoms with Crippen molar-refractivity contribution in [2.45, 2.75) is 6.92 Å². The lowest BCUT2D eigenvalue weighted by atomic mass is 10.2. The first-order chi connectivity index (χ1) is 12.1. The molecule has 1 N–H and O–H groups in total. The molecule has 3 rings (SSSR count). The first-order valence-corrected chi connectivity index (χ1v) is 8.65. The van der Waals surface area contributed by atoms with Crippen molar-refractivity contribution in [2.75, 3.05) is 6.61 Å². The number of hydrogen-bond donors (Lipinski definition) is 1. The molecule has 1 heterocycles. The molecule has 0 spiro atoms. The summed E-state index contributed by atoms with van der Waals surface area (Å²) in [6.07, 6.45) is 1.61. The second-order valence-corrected chi connectivity index (χ2v) is 6.27. The topological polar surface area (TPSA) is 55.2 Å². The molecule has 0 unspecified atom stereocenters. The van der Waals surface area contributed by atoms with Crippen LogP contribution in [0.25, 0.3) is 11.4 Å². The molecule has 0 radical (unpaired) electrons. The maximum absolute atomic E-state index is 6.17. The molecule has 0 aliphatic heterocycles. The number of aromatic nitrogens is 3. The predicted octanol–water partition coefficient (Wildman–Crippen LogP) is 5.20. The first kappa shape index (κ1) is 17.7. The molecule has 0 aliphatic carbocycles. The molecule has 0 saturated heterocycles. The molecular weight excluding hydrogens is 379 g/mol. The molecule has 3 aromatic rings. The number of benzene rings is 2. The van der Waals surface area contributed by atoms with E-state index in [2.05, 4.69) is 15.3 Å². The Morgan fingerprint density at radius 3 is 2.88 bits per heavy atom. The Kier molecular flexibility index (Phi) is 5.53. The second kappa shape index (κ2) is 7.82. The monoisotopic (exact) mass is 392 g/mol. The highest BCUT2D eigenvalue weighted by molar-refractivity contribution is 7.71. The number of H-pyrrole nitrogens is 1. The van der Waals surface area contributed by atoms with E-state index >= 15 is 0 Å². The number of nitrogens with one attached hydrogen (secondary N) is 1. The van der Waals surface area contributed by atoms with Crippen molar-refractivity contribution in [1.82, 2.24) is 14.9 Å². The van der Waals surface area contributed by atoms with Crippen LogP contribution in [-0.2, 0) is 0 Å². The van der Waals surface area contributed by atoms with Crippen LogP contribution in [-0.4, -0.2) is 27.7 Å². The molecule has 128 valence electrons. The third-order valence-corrected chi connectivity index (χ3v) is 4.16. The molecule has 8 heteroatoms. The highest BCUT2D eigenvalue weighted by Crippen LogP contribution is 2.23. The van der Waals surface area contributed by atoms with Crippen LogP contribution in [0.5, 0.6) is 5.75 Å². The fourth-order valence-electron chi connectivity index (χ4n) is 2.20. The zero-order valence-electron chi connectivity index (χ0n) is 13.2. The van der Waals surface area contributed by atoms with Gasteiger partial charge in [0.05, 0.1) is 17.8 Å². The number of aromatic amines is 1. The normalized spacial score (nSPS) is 11.2. The van der Waals surface area contributed by atoms with E-state index in [0.717, 1.165) is 16.9 Å². The molecule has 0 aliphatic rings. The number of ether oxygens (including phenoxy) is 1. The van der Waals surface area contributed by atoms with Gasteiger partial charge >= 0.3 is 0 Å². The molecular formula is C17H14Cl2N4OS. The molecule has 0 atom stereocenters. The van der Waals surface area contributed by atoms with Gasteiger partial charge in [0, 0.05) is 16.1 Å². The highest BCUT2D eigenvalue weighted by atomic mass is 35.5. The van der Waals surface area contributed by atoms with E-state index < -0.39 is 0 Å². The maximum Gasteiger partial charge on any atom is 0.216 e. The summed E-state index contributed by atoms with van der Waals surface area (Å²) in [6.45, 7) is 2.52. The van der Waals surface area contributed by atoms with Crippen LogP contribution in [0, 0.1) is 4.77 Å². The Balaban J connectivity index is 1.98. The fourth-order valence-corrected chi connectivity index (χ4v) is 2.84. The Bertz CT molecular complexity index is 981. The van der Waals surface area contributed by atoms with Crippen LogP contribution in [0.4, 0.5) is 0 Å². The van der Waals surface area contributed by atoms with Gasteiger partial charge in [-0.15, -0.1) is 0 Å². The van der Waals surface area contributed by atoms with Crippen molar-refractivity contribution in [2.24, 2.45) is 5.10 Å². The van der Waals surface area contributed by atoms with Gasteiger partial charge in [-0.2, -0.15) is 14.9 Å². The number of nitrogens with zero attached hydrogens (tertiary/aromatic N) is 3. The smallest absolute Gasteiger partial charge is 0.216 e. The maximum atomic E-state index is 6.17. The van der Waals surface area contributed by atoms with Crippen LogP contribution in [0.15, 0.2) is 47.6 Å². The lowest BCUT2D eigenvalue weighted by Crippen LogP contribution is -1.96. The zero-order valence-corrected chi connectivity index (χ0v) is 15.6. The van der Waals surface area contributed by atoms with Gasteiger partial charge in [0.15, 0.2) is 5.82 Å². The quantitative estimate of drug-likeness (QED) is 0.479. The van der Waals surface area contributed by atoms with E-state index in [-0.39, 0.29) is 0 Å². The van der Waals surface area contributed by atoms with E-state index in [1.807, 2.05) is 31.2 Å². The van der Waals surface area contributed by atoms with E-state index in [4.69, 9.17) is 40.2 Å². The minimum atomic E-state index is 0.373. The second-order valence-electron chi connectivity index (χ2n) is 5.04. The van der Waals surface area contributed by atoms with Gasteiger partial charge in [-0.05, 0) is 43.4 Å². The summed E-state index contributed by atoms with van der Waals surface area (Å²) >= 11 is 17.4. The Morgan fingerprint density at radius 2 is 2.12 bits per heavy atom. The van der Waals surface area contributed by atoms with Crippen LogP contribution >= 0.6 is 35.4 Å². The summed E-state index contributed by atoms with van der Waals surface area (Å²) in [5.74, 6) is 1.33. The van der Waals surface area contributed by atoms with Crippen LogP contribution in [0.1, 0.15) is 12.5 Å². The molecule has 5 nitrogen and oxygen atoms in total. The van der Waals surface area contributed by atoms with Gasteiger partial charge in [0.1, 0.15) is 5.75 Å². The lowest BCUT2D eigenvalue weighted by Gasteiger charge is -2.05. The summed E-state index contributed by atoms with van der Waals surface area (Å²) in [5.41, 5.74) is 1.56. The Morgan fingerprint density at radius 1 is 1.28 bits per heavy atom. The molecule has 0 saturated carbocycles. The Labute approximate surface area is 159 Å². The summed E-state index contributed by atoms with van der Waals surface area (Å²) in [7, 11) is 0. The molecule has 1 aromatic heterocycles. The van der Waals surface area contributed by atoms with E-state index in [1.54, 1.807) is 24.4 Å². The van der Waals surface area contributed by atoms with Gasteiger partial charge in [-0.1, -0.05) is 41.4 Å².